The predicted octanol–water partition coefficient (Wildman–Crippen LogP) is 4.45. The van der Waals surface area contributed by atoms with E-state index in [4.69, 9.17) is 4.74 Å². The highest BCUT2D eigenvalue weighted by Crippen LogP contribution is 2.29. The number of nitrogens with one attached hydrogen (secondary N) is 1. The van der Waals surface area contributed by atoms with Crippen LogP contribution in [0.5, 0.6) is 5.75 Å². The van der Waals surface area contributed by atoms with E-state index >= 15 is 0 Å². The fourth-order valence-corrected chi connectivity index (χ4v) is 2.01. The molecular formula is C19H28N2O2. The number of aliphatic hydroxyl groups is 1. The fourth-order valence-electron chi connectivity index (χ4n) is 2.01. The molecule has 23 heavy (non-hydrogen) atoms. The summed E-state index contributed by atoms with van der Waals surface area (Å²) in [7, 11) is 0. The van der Waals surface area contributed by atoms with Crippen LogP contribution >= 0.6 is 0 Å². The number of aryl methyl sites for hydroxylation is 1. The molecule has 1 aromatic carbocycles. The van der Waals surface area contributed by atoms with Gasteiger partial charge in [-0.15, -0.1) is 0 Å². The van der Waals surface area contributed by atoms with Gasteiger partial charge in [-0.2, -0.15) is 0 Å². The summed E-state index contributed by atoms with van der Waals surface area (Å²) >= 11 is 0. The molecule has 0 aliphatic carbocycles. The molecular weight excluding hydrogens is 288 g/mol. The van der Waals surface area contributed by atoms with Crippen molar-refractivity contribution in [1.82, 2.24) is 0 Å². The highest BCUT2D eigenvalue weighted by Gasteiger charge is 2.10. The topological polar surface area (TPSA) is 53.8 Å². The molecule has 2 N–H and O–H groups in total. The minimum atomic E-state index is -0.0731. The molecule has 0 aliphatic rings. The Bertz CT molecular complexity index is 624. The summed E-state index contributed by atoms with van der Waals surface area (Å²) in [4.78, 5) is 4.44. The van der Waals surface area contributed by atoms with Gasteiger partial charge in [0.2, 0.25) is 0 Å². The molecule has 0 bridgehead atoms. The Hall–Kier alpha value is -2.07. The maximum absolute atomic E-state index is 9.19. The number of nitrogens with zero attached hydrogens (tertiary/aromatic N) is 1. The van der Waals surface area contributed by atoms with Gasteiger partial charge in [-0.3, -0.25) is 4.99 Å². The van der Waals surface area contributed by atoms with E-state index in [9.17, 15) is 5.11 Å². The molecule has 0 radical (unpaired) electrons. The first-order chi connectivity index (χ1) is 10.7. The van der Waals surface area contributed by atoms with Crippen molar-refractivity contribution in [3.8, 4) is 5.75 Å². The number of anilines is 1. The molecule has 0 fully saturated rings. The number of benzene rings is 1. The van der Waals surface area contributed by atoms with Crippen LogP contribution in [0.2, 0.25) is 0 Å². The molecule has 0 aromatic heterocycles. The van der Waals surface area contributed by atoms with Crippen molar-refractivity contribution in [3.63, 3.8) is 0 Å². The Balaban J connectivity index is 3.11. The van der Waals surface area contributed by atoms with Gasteiger partial charge in [0.25, 0.3) is 0 Å². The monoisotopic (exact) mass is 316 g/mol. The van der Waals surface area contributed by atoms with Gasteiger partial charge in [0.15, 0.2) is 0 Å². The lowest BCUT2D eigenvalue weighted by Gasteiger charge is -2.18. The van der Waals surface area contributed by atoms with Crippen LogP contribution in [0.25, 0.3) is 0 Å². The molecule has 0 atom stereocenters. The summed E-state index contributed by atoms with van der Waals surface area (Å²) in [6.07, 6.45) is 0.0863. The summed E-state index contributed by atoms with van der Waals surface area (Å²) < 4.78 is 5.87. The van der Waals surface area contributed by atoms with Crippen molar-refractivity contribution in [2.24, 2.45) is 4.99 Å². The van der Waals surface area contributed by atoms with E-state index in [1.165, 1.54) is 0 Å². The van der Waals surface area contributed by atoms with E-state index in [1.807, 2.05) is 52.8 Å². The quantitative estimate of drug-likeness (QED) is 0.577. The first-order valence-corrected chi connectivity index (χ1v) is 7.80. The first kappa shape index (κ1) is 19.0. The van der Waals surface area contributed by atoms with Crippen molar-refractivity contribution in [1.29, 1.82) is 0 Å². The Morgan fingerprint density at radius 2 is 1.96 bits per heavy atom. The molecule has 126 valence electrons. The minimum Gasteiger partial charge on any atom is -0.489 e. The maximum atomic E-state index is 9.19. The van der Waals surface area contributed by atoms with Crippen LogP contribution in [0.4, 0.5) is 5.69 Å². The van der Waals surface area contributed by atoms with Gasteiger partial charge in [0.05, 0.1) is 29.8 Å². The van der Waals surface area contributed by atoms with Crippen LogP contribution in [0.15, 0.2) is 46.7 Å². The van der Waals surface area contributed by atoms with E-state index in [0.717, 1.165) is 28.3 Å². The lowest BCUT2D eigenvalue weighted by Crippen LogP contribution is -2.10. The normalized spacial score (nSPS) is 11.4. The number of allylic oxidation sites excluding steroid dienone is 1. The second kappa shape index (κ2) is 8.53. The molecule has 4 nitrogen and oxygen atoms in total. The summed E-state index contributed by atoms with van der Waals surface area (Å²) in [5.74, 6) is 0.789. The average Bonchev–Trinajstić information content (AvgIpc) is 2.46. The number of aliphatic hydroxyl groups excluding tert-OH is 1. The summed E-state index contributed by atoms with van der Waals surface area (Å²) in [5.41, 5.74) is 5.07. The Morgan fingerprint density at radius 3 is 2.48 bits per heavy atom. The molecule has 0 saturated heterocycles. The third-order valence-corrected chi connectivity index (χ3v) is 3.08. The SMILES string of the molecule is C=C(Nc1ccc(C)cc1OC(C)C)C(N=C(C)CO)=C(C)C. The van der Waals surface area contributed by atoms with Gasteiger partial charge in [-0.25, -0.2) is 0 Å². The molecule has 0 saturated carbocycles. The van der Waals surface area contributed by atoms with Crippen LogP contribution in [0.1, 0.15) is 40.2 Å². The Kier molecular flexibility index (Phi) is 7.04. The zero-order chi connectivity index (χ0) is 17.6. The Morgan fingerprint density at radius 1 is 1.30 bits per heavy atom. The standard InChI is InChI=1S/C19H28N2O2/c1-12(2)19(20-15(6)11-22)16(7)21-17-9-8-14(5)10-18(17)23-13(3)4/h8-10,13,21-22H,7,11H2,1-6H3. The van der Waals surface area contributed by atoms with Gasteiger partial charge in [0.1, 0.15) is 5.75 Å². The molecule has 0 unspecified atom stereocenters. The van der Waals surface area contributed by atoms with Crippen molar-refractivity contribution >= 4 is 11.4 Å². The number of aliphatic imine (C=N–C) groups is 1. The van der Waals surface area contributed by atoms with Crippen LogP contribution in [0, 0.1) is 6.92 Å². The smallest absolute Gasteiger partial charge is 0.143 e. The van der Waals surface area contributed by atoms with Crippen LogP contribution in [0.3, 0.4) is 0 Å². The van der Waals surface area contributed by atoms with Gasteiger partial charge in [-0.05, 0) is 64.8 Å². The largest absolute Gasteiger partial charge is 0.489 e. The van der Waals surface area contributed by atoms with E-state index in [0.29, 0.717) is 11.4 Å². The first-order valence-electron chi connectivity index (χ1n) is 7.80. The minimum absolute atomic E-state index is 0.0731. The van der Waals surface area contributed by atoms with Crippen molar-refractivity contribution < 1.29 is 9.84 Å². The van der Waals surface area contributed by atoms with Gasteiger partial charge < -0.3 is 15.2 Å². The summed E-state index contributed by atoms with van der Waals surface area (Å²) in [6.45, 7) is 15.8. The lowest BCUT2D eigenvalue weighted by molar-refractivity contribution is 0.243. The molecule has 1 aromatic rings. The van der Waals surface area contributed by atoms with Gasteiger partial charge in [0, 0.05) is 5.71 Å². The van der Waals surface area contributed by atoms with Crippen molar-refractivity contribution in [3.05, 3.63) is 47.3 Å². The van der Waals surface area contributed by atoms with E-state index in [1.54, 1.807) is 6.92 Å². The molecule has 0 spiro atoms. The van der Waals surface area contributed by atoms with Crippen molar-refractivity contribution in [2.75, 3.05) is 11.9 Å². The van der Waals surface area contributed by atoms with E-state index in [2.05, 4.69) is 16.9 Å². The molecule has 0 heterocycles. The van der Waals surface area contributed by atoms with Crippen molar-refractivity contribution in [2.45, 2.75) is 47.6 Å². The second-order valence-electron chi connectivity index (χ2n) is 6.12. The van der Waals surface area contributed by atoms with E-state index in [-0.39, 0.29) is 12.7 Å². The van der Waals surface area contributed by atoms with Crippen LogP contribution < -0.4 is 10.1 Å². The number of hydrogen-bond acceptors (Lipinski definition) is 4. The molecule has 0 aliphatic heterocycles. The number of ether oxygens (including phenoxy) is 1. The maximum Gasteiger partial charge on any atom is 0.143 e. The third kappa shape index (κ3) is 5.91. The zero-order valence-corrected chi connectivity index (χ0v) is 15.0. The highest BCUT2D eigenvalue weighted by atomic mass is 16.5. The van der Waals surface area contributed by atoms with E-state index < -0.39 is 0 Å². The zero-order valence-electron chi connectivity index (χ0n) is 15.0. The fraction of sp³-hybridized carbons (Fsp3) is 0.421. The summed E-state index contributed by atoms with van der Waals surface area (Å²) in [5, 5.41) is 12.5. The van der Waals surface area contributed by atoms with Gasteiger partial charge >= 0.3 is 0 Å². The second-order valence-corrected chi connectivity index (χ2v) is 6.12. The highest BCUT2D eigenvalue weighted by molar-refractivity contribution is 5.84. The Labute approximate surface area is 139 Å². The lowest BCUT2D eigenvalue weighted by atomic mass is 10.1. The summed E-state index contributed by atoms with van der Waals surface area (Å²) in [6, 6.07) is 6.00. The number of hydrogen-bond donors (Lipinski definition) is 2. The van der Waals surface area contributed by atoms with Gasteiger partial charge in [-0.1, -0.05) is 12.6 Å². The van der Waals surface area contributed by atoms with Crippen LogP contribution in [-0.2, 0) is 0 Å². The average molecular weight is 316 g/mol. The molecule has 1 rings (SSSR count). The molecule has 4 heteroatoms. The predicted molar refractivity (Wildman–Crippen MR) is 98.3 cm³/mol. The third-order valence-electron chi connectivity index (χ3n) is 3.08. The van der Waals surface area contributed by atoms with Crippen LogP contribution in [-0.4, -0.2) is 23.5 Å². The molecule has 0 amide bonds. The number of rotatable bonds is 7.